The molecule has 0 spiro atoms. The van der Waals surface area contributed by atoms with Gasteiger partial charge in [0, 0.05) is 11.0 Å². The van der Waals surface area contributed by atoms with E-state index in [-0.39, 0.29) is 18.2 Å². The molecule has 2 rings (SSSR count). The molecule has 0 heterocycles. The van der Waals surface area contributed by atoms with Gasteiger partial charge in [0.15, 0.2) is 11.6 Å². The van der Waals surface area contributed by atoms with Crippen molar-refractivity contribution in [3.8, 4) is 5.75 Å². The molecule has 0 fully saturated rings. The van der Waals surface area contributed by atoms with Gasteiger partial charge >= 0.3 is 0 Å². The average Bonchev–Trinajstić information content (AvgIpc) is 2.50. The maximum absolute atomic E-state index is 13.7. The average molecular weight is 395 g/mol. The van der Waals surface area contributed by atoms with Gasteiger partial charge in [-0.15, -0.1) is 0 Å². The van der Waals surface area contributed by atoms with Gasteiger partial charge in [0.25, 0.3) is 0 Å². The number of hydrogen-bond acceptors (Lipinski definition) is 3. The number of rotatable bonds is 6. The lowest BCUT2D eigenvalue weighted by Crippen LogP contribution is -2.30. The molecule has 0 unspecified atom stereocenters. The summed E-state index contributed by atoms with van der Waals surface area (Å²) in [4.78, 5) is 14.0. The highest BCUT2D eigenvalue weighted by molar-refractivity contribution is 9.10. The predicted molar refractivity (Wildman–Crippen MR) is 96.8 cm³/mol. The first-order valence-corrected chi connectivity index (χ1v) is 8.25. The minimum absolute atomic E-state index is 0.129. The minimum Gasteiger partial charge on any atom is -0.494 e. The SMILES string of the molecule is COc1ccc(CN(C)CC(=O)Nc2ccc(C)cc2Br)cc1F. The van der Waals surface area contributed by atoms with Gasteiger partial charge < -0.3 is 10.1 Å². The third kappa shape index (κ3) is 5.04. The van der Waals surface area contributed by atoms with Crippen molar-refractivity contribution in [3.05, 3.63) is 57.8 Å². The summed E-state index contributed by atoms with van der Waals surface area (Å²) in [5.41, 5.74) is 2.62. The summed E-state index contributed by atoms with van der Waals surface area (Å²) in [6.07, 6.45) is 0. The van der Waals surface area contributed by atoms with Gasteiger partial charge in [0.2, 0.25) is 5.91 Å². The number of nitrogens with one attached hydrogen (secondary N) is 1. The Hall–Kier alpha value is -1.92. The molecule has 6 heteroatoms. The lowest BCUT2D eigenvalue weighted by atomic mass is 10.2. The van der Waals surface area contributed by atoms with Crippen molar-refractivity contribution >= 4 is 27.5 Å². The summed E-state index contributed by atoms with van der Waals surface area (Å²) < 4.78 is 19.4. The van der Waals surface area contributed by atoms with Crippen LogP contribution in [-0.2, 0) is 11.3 Å². The number of nitrogens with zero attached hydrogens (tertiary/aromatic N) is 1. The zero-order valence-electron chi connectivity index (χ0n) is 13.9. The van der Waals surface area contributed by atoms with Crippen molar-refractivity contribution < 1.29 is 13.9 Å². The van der Waals surface area contributed by atoms with Crippen molar-refractivity contribution in [2.75, 3.05) is 26.0 Å². The van der Waals surface area contributed by atoms with Gasteiger partial charge in [0.1, 0.15) is 0 Å². The van der Waals surface area contributed by atoms with Crippen LogP contribution in [0.1, 0.15) is 11.1 Å². The van der Waals surface area contributed by atoms with E-state index in [2.05, 4.69) is 21.2 Å². The van der Waals surface area contributed by atoms with E-state index in [0.717, 1.165) is 21.3 Å². The quantitative estimate of drug-likeness (QED) is 0.805. The molecular formula is C18H20BrFN2O2. The molecule has 0 aliphatic carbocycles. The van der Waals surface area contributed by atoms with E-state index in [0.29, 0.717) is 6.54 Å². The van der Waals surface area contributed by atoms with Crippen molar-refractivity contribution in [3.63, 3.8) is 0 Å². The molecule has 1 N–H and O–H groups in total. The summed E-state index contributed by atoms with van der Waals surface area (Å²) in [6, 6.07) is 10.5. The molecule has 0 saturated carbocycles. The number of benzene rings is 2. The summed E-state index contributed by atoms with van der Waals surface area (Å²) >= 11 is 3.44. The van der Waals surface area contributed by atoms with Crippen LogP contribution in [0.25, 0.3) is 0 Å². The minimum atomic E-state index is -0.406. The topological polar surface area (TPSA) is 41.6 Å². The molecule has 0 radical (unpaired) electrons. The smallest absolute Gasteiger partial charge is 0.238 e. The van der Waals surface area contributed by atoms with E-state index in [9.17, 15) is 9.18 Å². The fourth-order valence-electron chi connectivity index (χ4n) is 2.33. The van der Waals surface area contributed by atoms with Crippen LogP contribution >= 0.6 is 15.9 Å². The molecule has 1 amide bonds. The predicted octanol–water partition coefficient (Wildman–Crippen LogP) is 3.98. The molecule has 128 valence electrons. The number of aryl methyl sites for hydroxylation is 1. The number of hydrogen-bond donors (Lipinski definition) is 1. The fraction of sp³-hybridized carbons (Fsp3) is 0.278. The zero-order chi connectivity index (χ0) is 17.7. The van der Waals surface area contributed by atoms with E-state index < -0.39 is 5.82 Å². The van der Waals surface area contributed by atoms with Crippen LogP contribution < -0.4 is 10.1 Å². The lowest BCUT2D eigenvalue weighted by molar-refractivity contribution is -0.117. The molecule has 0 aliphatic rings. The van der Waals surface area contributed by atoms with Crippen LogP contribution in [0.15, 0.2) is 40.9 Å². The Kier molecular flexibility index (Phi) is 6.34. The highest BCUT2D eigenvalue weighted by Gasteiger charge is 2.11. The third-order valence-electron chi connectivity index (χ3n) is 3.48. The summed E-state index contributed by atoms with van der Waals surface area (Å²) in [5.74, 6) is -0.323. The first-order valence-electron chi connectivity index (χ1n) is 7.46. The summed E-state index contributed by atoms with van der Waals surface area (Å²) in [6.45, 7) is 2.65. The molecule has 24 heavy (non-hydrogen) atoms. The highest BCUT2D eigenvalue weighted by atomic mass is 79.9. The second-order valence-electron chi connectivity index (χ2n) is 5.67. The lowest BCUT2D eigenvalue weighted by Gasteiger charge is -2.17. The Morgan fingerprint density at radius 2 is 2.04 bits per heavy atom. The Morgan fingerprint density at radius 3 is 2.67 bits per heavy atom. The number of carbonyl (C=O) groups excluding carboxylic acids is 1. The summed E-state index contributed by atoms with van der Waals surface area (Å²) in [5, 5.41) is 2.86. The first-order chi connectivity index (χ1) is 11.4. The molecular weight excluding hydrogens is 375 g/mol. The van der Waals surface area contributed by atoms with Gasteiger partial charge in [-0.25, -0.2) is 4.39 Å². The fourth-order valence-corrected chi connectivity index (χ4v) is 2.92. The molecule has 0 saturated heterocycles. The number of likely N-dealkylation sites (N-methyl/N-ethyl adjacent to an activating group) is 1. The van der Waals surface area contributed by atoms with Crippen molar-refractivity contribution in [1.29, 1.82) is 0 Å². The Morgan fingerprint density at radius 1 is 1.29 bits per heavy atom. The Bertz CT molecular complexity index is 737. The van der Waals surface area contributed by atoms with E-state index in [4.69, 9.17) is 4.74 Å². The molecule has 2 aromatic carbocycles. The Balaban J connectivity index is 1.92. The maximum atomic E-state index is 13.7. The van der Waals surface area contributed by atoms with Crippen LogP contribution in [0.3, 0.4) is 0 Å². The Labute approximate surface area is 149 Å². The largest absolute Gasteiger partial charge is 0.494 e. The number of anilines is 1. The monoisotopic (exact) mass is 394 g/mol. The van der Waals surface area contributed by atoms with Crippen molar-refractivity contribution in [2.45, 2.75) is 13.5 Å². The van der Waals surface area contributed by atoms with E-state index >= 15 is 0 Å². The summed E-state index contributed by atoms with van der Waals surface area (Å²) in [7, 11) is 3.24. The van der Waals surface area contributed by atoms with Crippen LogP contribution in [-0.4, -0.2) is 31.5 Å². The van der Waals surface area contributed by atoms with E-state index in [1.807, 2.05) is 37.1 Å². The van der Waals surface area contributed by atoms with Gasteiger partial charge in [0.05, 0.1) is 19.3 Å². The van der Waals surface area contributed by atoms with Crippen LogP contribution in [0.4, 0.5) is 10.1 Å². The second-order valence-corrected chi connectivity index (χ2v) is 6.53. The van der Waals surface area contributed by atoms with Crippen molar-refractivity contribution in [1.82, 2.24) is 4.90 Å². The first kappa shape index (κ1) is 18.4. The van der Waals surface area contributed by atoms with Crippen molar-refractivity contribution in [2.24, 2.45) is 0 Å². The highest BCUT2D eigenvalue weighted by Crippen LogP contribution is 2.23. The standard InChI is InChI=1S/C18H20BrFN2O2/c1-12-4-6-16(14(19)8-12)21-18(23)11-22(2)10-13-5-7-17(24-3)15(20)9-13/h4-9H,10-11H2,1-3H3,(H,21,23). The molecule has 2 aromatic rings. The van der Waals surface area contributed by atoms with Gasteiger partial charge in [-0.3, -0.25) is 9.69 Å². The third-order valence-corrected chi connectivity index (χ3v) is 4.14. The van der Waals surface area contributed by atoms with Crippen LogP contribution in [0.5, 0.6) is 5.75 Å². The number of amides is 1. The molecule has 0 atom stereocenters. The second kappa shape index (κ2) is 8.26. The maximum Gasteiger partial charge on any atom is 0.238 e. The number of carbonyl (C=O) groups is 1. The molecule has 0 aliphatic heterocycles. The van der Waals surface area contributed by atoms with E-state index in [1.165, 1.54) is 13.2 Å². The number of ether oxygens (including phenoxy) is 1. The van der Waals surface area contributed by atoms with Crippen LogP contribution in [0, 0.1) is 12.7 Å². The van der Waals surface area contributed by atoms with Gasteiger partial charge in [-0.1, -0.05) is 12.1 Å². The van der Waals surface area contributed by atoms with E-state index in [1.54, 1.807) is 12.1 Å². The number of halogens is 2. The van der Waals surface area contributed by atoms with Gasteiger partial charge in [-0.05, 0) is 65.3 Å². The molecule has 4 nitrogen and oxygen atoms in total. The van der Waals surface area contributed by atoms with Gasteiger partial charge in [-0.2, -0.15) is 0 Å². The van der Waals surface area contributed by atoms with Crippen LogP contribution in [0.2, 0.25) is 0 Å². The molecule has 0 aromatic heterocycles. The molecule has 0 bridgehead atoms. The normalized spacial score (nSPS) is 10.8. The number of methoxy groups -OCH3 is 1. The zero-order valence-corrected chi connectivity index (χ0v) is 15.5.